The Morgan fingerprint density at radius 2 is 1.81 bits per heavy atom. The lowest BCUT2D eigenvalue weighted by Gasteiger charge is -2.25. The summed E-state index contributed by atoms with van der Waals surface area (Å²) >= 11 is 0. The van der Waals surface area contributed by atoms with Crippen molar-refractivity contribution in [2.75, 3.05) is 7.11 Å². The maximum absolute atomic E-state index is 12.2. The monoisotopic (exact) mass is 362 g/mol. The second-order valence-electron chi connectivity index (χ2n) is 4.91. The van der Waals surface area contributed by atoms with E-state index in [9.17, 15) is 35.0 Å². The van der Waals surface area contributed by atoms with E-state index in [1.807, 2.05) is 0 Å². The number of aromatic nitrogens is 1. The van der Waals surface area contributed by atoms with Crippen LogP contribution in [0.25, 0.3) is 0 Å². The minimum atomic E-state index is -2.66. The minimum Gasteiger partial charge on any atom is -0.466 e. The van der Waals surface area contributed by atoms with Gasteiger partial charge in [-0.2, -0.15) is 0 Å². The number of nitroso groups, excluding NO2 is 1. The van der Waals surface area contributed by atoms with Crippen molar-refractivity contribution < 1.29 is 24.5 Å². The lowest BCUT2D eigenvalue weighted by atomic mass is 9.88. The van der Waals surface area contributed by atoms with Gasteiger partial charge in [0.2, 0.25) is 5.60 Å². The van der Waals surface area contributed by atoms with E-state index in [1.54, 1.807) is 0 Å². The smallest absolute Gasteiger partial charge is 0.349 e. The summed E-state index contributed by atoms with van der Waals surface area (Å²) in [4.78, 5) is 47.0. The molecule has 0 saturated heterocycles. The minimum absolute atomic E-state index is 0.395. The third kappa shape index (κ3) is 3.08. The van der Waals surface area contributed by atoms with Crippen molar-refractivity contribution in [2.24, 2.45) is 5.18 Å². The van der Waals surface area contributed by atoms with Crippen molar-refractivity contribution in [3.63, 3.8) is 0 Å². The van der Waals surface area contributed by atoms with E-state index in [1.165, 1.54) is 0 Å². The van der Waals surface area contributed by atoms with Gasteiger partial charge in [-0.25, -0.2) is 4.79 Å². The van der Waals surface area contributed by atoms with E-state index in [0.717, 1.165) is 43.6 Å². The fourth-order valence-corrected chi connectivity index (χ4v) is 2.22. The molecule has 12 heteroatoms. The molecule has 1 aromatic carbocycles. The molecule has 1 N–H and O–H groups in total. The average molecular weight is 362 g/mol. The Labute approximate surface area is 144 Å². The first kappa shape index (κ1) is 18.5. The number of aliphatic hydroxyl groups is 1. The van der Waals surface area contributed by atoms with Crippen LogP contribution >= 0.6 is 0 Å². The van der Waals surface area contributed by atoms with E-state index in [0.29, 0.717) is 0 Å². The van der Waals surface area contributed by atoms with Crippen LogP contribution in [0.15, 0.2) is 41.7 Å². The van der Waals surface area contributed by atoms with E-state index < -0.39 is 49.7 Å². The van der Waals surface area contributed by atoms with Crippen molar-refractivity contribution in [2.45, 2.75) is 5.60 Å². The maximum atomic E-state index is 12.2. The van der Waals surface area contributed by atoms with Crippen LogP contribution in [0, 0.1) is 25.1 Å². The number of ether oxygens (including phenoxy) is 1. The molecular formula is C14H10N4O8. The second-order valence-corrected chi connectivity index (χ2v) is 4.91. The van der Waals surface area contributed by atoms with Crippen LogP contribution in [0.5, 0.6) is 0 Å². The molecule has 12 nitrogen and oxygen atoms in total. The largest absolute Gasteiger partial charge is 0.466 e. The molecule has 134 valence electrons. The van der Waals surface area contributed by atoms with Crippen LogP contribution in [-0.2, 0) is 15.1 Å². The van der Waals surface area contributed by atoms with Gasteiger partial charge in [0.1, 0.15) is 11.9 Å². The van der Waals surface area contributed by atoms with Crippen LogP contribution in [0.3, 0.4) is 0 Å². The number of non-ortho nitro benzene ring substituents is 1. The predicted octanol–water partition coefficient (Wildman–Crippen LogP) is 1.70. The standard InChI is InChI=1S/C14H10N4O8/c1-26-13(19)14(20,12-5-3-9(7-15-12)18(24)25)10-4-2-8(17(22)23)6-11(10)16-21/h2-7,20H,1H3. The Kier molecular flexibility index (Phi) is 4.98. The molecule has 1 heterocycles. The molecule has 0 bridgehead atoms. The fraction of sp³-hybridized carbons (Fsp3) is 0.143. The maximum Gasteiger partial charge on any atom is 0.349 e. The van der Waals surface area contributed by atoms with Gasteiger partial charge in [0.05, 0.1) is 22.7 Å². The molecule has 0 radical (unpaired) electrons. The summed E-state index contributed by atoms with van der Waals surface area (Å²) in [6.07, 6.45) is 0.794. The lowest BCUT2D eigenvalue weighted by Crippen LogP contribution is -2.39. The number of nitrogens with zero attached hydrogens (tertiary/aromatic N) is 4. The van der Waals surface area contributed by atoms with Crippen LogP contribution in [0.4, 0.5) is 17.1 Å². The predicted molar refractivity (Wildman–Crippen MR) is 84.5 cm³/mol. The van der Waals surface area contributed by atoms with Gasteiger partial charge in [0.15, 0.2) is 0 Å². The summed E-state index contributed by atoms with van der Waals surface area (Å²) < 4.78 is 4.54. The normalized spacial score (nSPS) is 12.7. The number of carbonyl (C=O) groups excluding carboxylic acids is 1. The van der Waals surface area contributed by atoms with Gasteiger partial charge in [-0.1, -0.05) is 0 Å². The van der Waals surface area contributed by atoms with E-state index >= 15 is 0 Å². The number of carbonyl (C=O) groups is 1. The van der Waals surface area contributed by atoms with E-state index in [4.69, 9.17) is 0 Å². The second kappa shape index (κ2) is 6.98. The highest BCUT2D eigenvalue weighted by atomic mass is 16.6. The van der Waals surface area contributed by atoms with Gasteiger partial charge >= 0.3 is 5.97 Å². The van der Waals surface area contributed by atoms with Crippen molar-refractivity contribution in [3.05, 3.63) is 72.9 Å². The highest BCUT2D eigenvalue weighted by Gasteiger charge is 2.45. The van der Waals surface area contributed by atoms with Crippen molar-refractivity contribution in [3.8, 4) is 0 Å². The number of hydrogen-bond acceptors (Lipinski definition) is 10. The molecule has 0 aliphatic carbocycles. The molecule has 2 aromatic rings. The molecular weight excluding hydrogens is 352 g/mol. The van der Waals surface area contributed by atoms with Gasteiger partial charge in [0, 0.05) is 23.8 Å². The number of rotatable bonds is 6. The third-order valence-electron chi connectivity index (χ3n) is 3.49. The first-order chi connectivity index (χ1) is 12.2. The van der Waals surface area contributed by atoms with Crippen LogP contribution in [0.2, 0.25) is 0 Å². The third-order valence-corrected chi connectivity index (χ3v) is 3.49. The van der Waals surface area contributed by atoms with Gasteiger partial charge in [-0.15, -0.1) is 4.91 Å². The molecule has 1 atom stereocenters. The fourth-order valence-electron chi connectivity index (χ4n) is 2.22. The van der Waals surface area contributed by atoms with Gasteiger partial charge in [0.25, 0.3) is 11.4 Å². The molecule has 0 aliphatic rings. The summed E-state index contributed by atoms with van der Waals surface area (Å²) in [6, 6.07) is 4.64. The number of methoxy groups -OCH3 is 1. The number of benzene rings is 1. The molecule has 0 amide bonds. The zero-order valence-electron chi connectivity index (χ0n) is 13.1. The average Bonchev–Trinajstić information content (AvgIpc) is 2.66. The van der Waals surface area contributed by atoms with Gasteiger partial charge in [-0.05, 0) is 17.3 Å². The van der Waals surface area contributed by atoms with Crippen LogP contribution in [-0.4, -0.2) is 33.0 Å². The number of hydrogen-bond donors (Lipinski definition) is 1. The van der Waals surface area contributed by atoms with Crippen molar-refractivity contribution in [1.82, 2.24) is 4.98 Å². The van der Waals surface area contributed by atoms with Gasteiger partial charge in [-0.3, -0.25) is 25.2 Å². The number of nitro benzene ring substituents is 1. The Balaban J connectivity index is 2.71. The molecule has 0 spiro atoms. The van der Waals surface area contributed by atoms with Crippen molar-refractivity contribution >= 4 is 23.0 Å². The summed E-state index contributed by atoms with van der Waals surface area (Å²) in [7, 11) is 0.956. The highest BCUT2D eigenvalue weighted by molar-refractivity contribution is 5.87. The van der Waals surface area contributed by atoms with Gasteiger partial charge < -0.3 is 9.84 Å². The quantitative estimate of drug-likeness (QED) is 0.347. The summed E-state index contributed by atoms with van der Waals surface area (Å²) in [5, 5.41) is 35.1. The Bertz CT molecular complexity index is 898. The molecule has 1 aromatic heterocycles. The summed E-state index contributed by atoms with van der Waals surface area (Å²) in [5.41, 5.74) is -4.97. The Hall–Kier alpha value is -3.80. The summed E-state index contributed by atoms with van der Waals surface area (Å²) in [5.74, 6) is -1.27. The first-order valence-corrected chi connectivity index (χ1v) is 6.79. The number of nitro groups is 2. The molecule has 0 saturated carbocycles. The topological polar surface area (TPSA) is 175 Å². The van der Waals surface area contributed by atoms with Crippen LogP contribution in [0.1, 0.15) is 11.3 Å². The highest BCUT2D eigenvalue weighted by Crippen LogP contribution is 2.38. The SMILES string of the molecule is COC(=O)C(O)(c1ccc([N+](=O)[O-])cn1)c1ccc([N+](=O)[O-])cc1N=O. The molecule has 0 fully saturated rings. The molecule has 26 heavy (non-hydrogen) atoms. The molecule has 2 rings (SSSR count). The number of pyridine rings is 1. The Morgan fingerprint density at radius 1 is 1.19 bits per heavy atom. The van der Waals surface area contributed by atoms with E-state index in [-0.39, 0.29) is 0 Å². The van der Waals surface area contributed by atoms with E-state index in [2.05, 4.69) is 14.9 Å². The van der Waals surface area contributed by atoms with Crippen LogP contribution < -0.4 is 0 Å². The molecule has 0 aliphatic heterocycles. The zero-order chi connectivity index (χ0) is 19.5. The lowest BCUT2D eigenvalue weighted by molar-refractivity contribution is -0.385. The van der Waals surface area contributed by atoms with Crippen molar-refractivity contribution in [1.29, 1.82) is 0 Å². The Morgan fingerprint density at radius 3 is 2.27 bits per heavy atom. The first-order valence-electron chi connectivity index (χ1n) is 6.79. The molecule has 1 unspecified atom stereocenters. The summed E-state index contributed by atoms with van der Waals surface area (Å²) in [6.45, 7) is 0. The zero-order valence-corrected chi connectivity index (χ0v) is 13.1. The number of esters is 1.